The van der Waals surface area contributed by atoms with Gasteiger partial charge in [-0.05, 0) is 48.5 Å². The first kappa shape index (κ1) is 14.2. The van der Waals surface area contributed by atoms with E-state index in [2.05, 4.69) is 10.3 Å². The molecule has 0 aliphatic rings. The number of hydrogen-bond acceptors (Lipinski definition) is 4. The van der Waals surface area contributed by atoms with Crippen LogP contribution in [0.2, 0.25) is 0 Å². The number of fused-ring (bicyclic) bond motifs is 1. The van der Waals surface area contributed by atoms with Crippen molar-refractivity contribution < 1.29 is 18.0 Å². The van der Waals surface area contributed by atoms with Crippen LogP contribution >= 0.6 is 0 Å². The highest BCUT2D eigenvalue weighted by Crippen LogP contribution is 2.26. The molecule has 0 atom stereocenters. The van der Waals surface area contributed by atoms with Gasteiger partial charge in [0.2, 0.25) is 0 Å². The van der Waals surface area contributed by atoms with Gasteiger partial charge in [0.1, 0.15) is 11.3 Å². The molecule has 0 saturated carbocycles. The fraction of sp³-hybridized carbons (Fsp3) is 0. The summed E-state index contributed by atoms with van der Waals surface area (Å²) in [6, 6.07) is 14.1. The number of oxazole rings is 1. The molecule has 0 spiro atoms. The maximum absolute atomic E-state index is 13.2. The Balaban J connectivity index is 1.62. The van der Waals surface area contributed by atoms with Gasteiger partial charge in [0.25, 0.3) is 11.8 Å². The number of nitrogens with zero attached hydrogens (tertiary/aromatic N) is 1. The molecule has 2 aromatic heterocycles. The number of aromatic nitrogens is 1. The van der Waals surface area contributed by atoms with Crippen molar-refractivity contribution in [3.05, 3.63) is 72.2 Å². The molecule has 0 fully saturated rings. The second kappa shape index (κ2) is 5.66. The van der Waals surface area contributed by atoms with Crippen LogP contribution in [-0.4, -0.2) is 10.9 Å². The Morgan fingerprint density at radius 3 is 2.79 bits per heavy atom. The normalized spacial score (nSPS) is 10.9. The van der Waals surface area contributed by atoms with Crippen LogP contribution in [0.5, 0.6) is 0 Å². The maximum Gasteiger partial charge on any atom is 0.263 e. The number of hydrogen-bond donors (Lipinski definition) is 1. The van der Waals surface area contributed by atoms with Crippen LogP contribution in [-0.2, 0) is 0 Å². The van der Waals surface area contributed by atoms with Gasteiger partial charge in [-0.2, -0.15) is 0 Å². The fourth-order valence-electron chi connectivity index (χ4n) is 2.34. The lowest BCUT2D eigenvalue weighted by atomic mass is 10.2. The Hall–Kier alpha value is -3.41. The van der Waals surface area contributed by atoms with Crippen molar-refractivity contribution in [1.82, 2.24) is 4.98 Å². The number of rotatable bonds is 3. The quantitative estimate of drug-likeness (QED) is 0.604. The van der Waals surface area contributed by atoms with Crippen LogP contribution in [0, 0.1) is 5.82 Å². The number of furan rings is 1. The summed E-state index contributed by atoms with van der Waals surface area (Å²) in [5, 5.41) is 2.71. The lowest BCUT2D eigenvalue weighted by Crippen LogP contribution is -2.11. The van der Waals surface area contributed by atoms with Gasteiger partial charge in [0.15, 0.2) is 11.3 Å². The maximum atomic E-state index is 13.2. The van der Waals surface area contributed by atoms with Crippen LogP contribution in [0.4, 0.5) is 10.1 Å². The Kier molecular flexibility index (Phi) is 3.35. The first-order valence-corrected chi connectivity index (χ1v) is 7.20. The summed E-state index contributed by atoms with van der Waals surface area (Å²) in [6.07, 6.45) is 1.54. The number of anilines is 1. The molecule has 0 aliphatic heterocycles. The monoisotopic (exact) mass is 322 g/mol. The highest BCUT2D eigenvalue weighted by molar-refractivity contribution is 6.04. The smallest absolute Gasteiger partial charge is 0.263 e. The summed E-state index contributed by atoms with van der Waals surface area (Å²) in [6.45, 7) is 0. The molecular weight excluding hydrogens is 311 g/mol. The highest BCUT2D eigenvalue weighted by atomic mass is 19.1. The molecule has 6 heteroatoms. The van der Waals surface area contributed by atoms with Gasteiger partial charge >= 0.3 is 0 Å². The van der Waals surface area contributed by atoms with E-state index in [0.717, 1.165) is 0 Å². The standard InChI is InChI=1S/C18H11FN2O3/c19-12-4-1-3-11(9-12)17(22)20-13-6-7-15-14(10-13)21-18(24-15)16-5-2-8-23-16/h1-10H,(H,20,22). The molecule has 0 bridgehead atoms. The van der Waals surface area contributed by atoms with Gasteiger partial charge in [-0.15, -0.1) is 0 Å². The average Bonchev–Trinajstić information content (AvgIpc) is 3.23. The summed E-state index contributed by atoms with van der Waals surface area (Å²) in [4.78, 5) is 16.5. The zero-order valence-corrected chi connectivity index (χ0v) is 12.3. The summed E-state index contributed by atoms with van der Waals surface area (Å²) in [5.41, 5.74) is 1.94. The second-order valence-electron chi connectivity index (χ2n) is 5.14. The van der Waals surface area contributed by atoms with Crippen LogP contribution in [0.15, 0.2) is 69.7 Å². The van der Waals surface area contributed by atoms with Crippen LogP contribution in [0.25, 0.3) is 22.8 Å². The Labute approximate surface area is 135 Å². The van der Waals surface area contributed by atoms with Crippen molar-refractivity contribution in [1.29, 1.82) is 0 Å². The SMILES string of the molecule is O=C(Nc1ccc2oc(-c3ccco3)nc2c1)c1cccc(F)c1. The van der Waals surface area contributed by atoms with E-state index in [0.29, 0.717) is 28.4 Å². The minimum atomic E-state index is -0.460. The zero-order chi connectivity index (χ0) is 16.5. The van der Waals surface area contributed by atoms with Crippen molar-refractivity contribution in [3.8, 4) is 11.7 Å². The molecule has 4 aromatic rings. The molecule has 0 radical (unpaired) electrons. The third-order valence-electron chi connectivity index (χ3n) is 3.46. The van der Waals surface area contributed by atoms with E-state index in [9.17, 15) is 9.18 Å². The van der Waals surface area contributed by atoms with Gasteiger partial charge in [0, 0.05) is 11.3 Å². The van der Waals surface area contributed by atoms with Crippen LogP contribution in [0.1, 0.15) is 10.4 Å². The summed E-state index contributed by atoms with van der Waals surface area (Å²) in [5.74, 6) is 0.0291. The van der Waals surface area contributed by atoms with E-state index in [1.807, 2.05) is 0 Å². The average molecular weight is 322 g/mol. The summed E-state index contributed by atoms with van der Waals surface area (Å²) >= 11 is 0. The minimum Gasteiger partial charge on any atom is -0.459 e. The largest absolute Gasteiger partial charge is 0.459 e. The Morgan fingerprint density at radius 1 is 1.08 bits per heavy atom. The highest BCUT2D eigenvalue weighted by Gasteiger charge is 2.12. The number of nitrogens with one attached hydrogen (secondary N) is 1. The van der Waals surface area contributed by atoms with Crippen molar-refractivity contribution >= 4 is 22.7 Å². The molecule has 0 saturated heterocycles. The predicted molar refractivity (Wildman–Crippen MR) is 86.1 cm³/mol. The summed E-state index contributed by atoms with van der Waals surface area (Å²) < 4.78 is 24.1. The second-order valence-corrected chi connectivity index (χ2v) is 5.14. The van der Waals surface area contributed by atoms with Gasteiger partial charge < -0.3 is 14.2 Å². The first-order chi connectivity index (χ1) is 11.7. The Morgan fingerprint density at radius 2 is 2.00 bits per heavy atom. The van der Waals surface area contributed by atoms with E-state index in [-0.39, 0.29) is 5.56 Å². The lowest BCUT2D eigenvalue weighted by Gasteiger charge is -2.04. The molecule has 0 aliphatic carbocycles. The molecule has 4 rings (SSSR count). The molecule has 2 heterocycles. The van der Waals surface area contributed by atoms with Crippen molar-refractivity contribution in [2.75, 3.05) is 5.32 Å². The van der Waals surface area contributed by atoms with Crippen LogP contribution < -0.4 is 5.32 Å². The zero-order valence-electron chi connectivity index (χ0n) is 12.3. The van der Waals surface area contributed by atoms with E-state index >= 15 is 0 Å². The van der Waals surface area contributed by atoms with Gasteiger partial charge in [0.05, 0.1) is 6.26 Å². The van der Waals surface area contributed by atoms with Crippen molar-refractivity contribution in [2.45, 2.75) is 0 Å². The van der Waals surface area contributed by atoms with Gasteiger partial charge in [-0.3, -0.25) is 4.79 Å². The molecular formula is C18H11FN2O3. The first-order valence-electron chi connectivity index (χ1n) is 7.20. The number of carbonyl (C=O) groups excluding carboxylic acids is 1. The molecule has 1 amide bonds. The van der Waals surface area contributed by atoms with Crippen LogP contribution in [0.3, 0.4) is 0 Å². The minimum absolute atomic E-state index is 0.242. The third kappa shape index (κ3) is 2.65. The summed E-state index contributed by atoms with van der Waals surface area (Å²) in [7, 11) is 0. The number of benzene rings is 2. The molecule has 2 aromatic carbocycles. The van der Waals surface area contributed by atoms with Crippen molar-refractivity contribution in [3.63, 3.8) is 0 Å². The molecule has 5 nitrogen and oxygen atoms in total. The topological polar surface area (TPSA) is 68.3 Å². The fourth-order valence-corrected chi connectivity index (χ4v) is 2.34. The van der Waals surface area contributed by atoms with E-state index in [1.165, 1.54) is 24.5 Å². The van der Waals surface area contributed by atoms with E-state index in [1.54, 1.807) is 36.4 Å². The van der Waals surface area contributed by atoms with Crippen molar-refractivity contribution in [2.24, 2.45) is 0 Å². The molecule has 0 unspecified atom stereocenters. The molecule has 24 heavy (non-hydrogen) atoms. The van der Waals surface area contributed by atoms with E-state index in [4.69, 9.17) is 8.83 Å². The number of carbonyl (C=O) groups is 1. The third-order valence-corrected chi connectivity index (χ3v) is 3.46. The molecule has 118 valence electrons. The Bertz CT molecular complexity index is 1020. The molecule has 1 N–H and O–H groups in total. The number of halogens is 1. The lowest BCUT2D eigenvalue weighted by molar-refractivity contribution is 0.102. The van der Waals surface area contributed by atoms with Gasteiger partial charge in [-0.25, -0.2) is 9.37 Å². The number of amides is 1. The predicted octanol–water partition coefficient (Wildman–Crippen LogP) is 4.48. The van der Waals surface area contributed by atoms with E-state index < -0.39 is 11.7 Å². The van der Waals surface area contributed by atoms with Gasteiger partial charge in [-0.1, -0.05) is 6.07 Å².